The summed E-state index contributed by atoms with van der Waals surface area (Å²) in [5, 5.41) is 15.1. The Labute approximate surface area is 179 Å². The fourth-order valence-electron chi connectivity index (χ4n) is 5.42. The fourth-order valence-corrected chi connectivity index (χ4v) is 5.42. The van der Waals surface area contributed by atoms with E-state index in [4.69, 9.17) is 5.73 Å². The van der Waals surface area contributed by atoms with Gasteiger partial charge < -0.3 is 5.73 Å². The van der Waals surface area contributed by atoms with E-state index in [0.29, 0.717) is 0 Å². The zero-order valence-corrected chi connectivity index (χ0v) is 16.9. The van der Waals surface area contributed by atoms with Crippen molar-refractivity contribution in [3.05, 3.63) is 103 Å². The van der Waals surface area contributed by atoms with Crippen molar-refractivity contribution in [1.29, 1.82) is 0 Å². The van der Waals surface area contributed by atoms with Gasteiger partial charge in [-0.25, -0.2) is 0 Å². The number of hydrogen-bond donors (Lipinski definition) is 1. The molecule has 0 saturated heterocycles. The Morgan fingerprint density at radius 2 is 0.774 bits per heavy atom. The van der Waals surface area contributed by atoms with Crippen LogP contribution in [0.3, 0.4) is 0 Å². The second-order valence-corrected chi connectivity index (χ2v) is 8.35. The molecule has 1 nitrogen and oxygen atoms in total. The fraction of sp³-hybridized carbons (Fsp3) is 0. The highest BCUT2D eigenvalue weighted by Gasteiger charge is 2.14. The van der Waals surface area contributed by atoms with E-state index in [-0.39, 0.29) is 0 Å². The molecule has 7 rings (SSSR count). The topological polar surface area (TPSA) is 26.0 Å². The summed E-state index contributed by atoms with van der Waals surface area (Å²) >= 11 is 0. The van der Waals surface area contributed by atoms with Crippen LogP contribution in [0.15, 0.2) is 103 Å². The molecule has 2 N–H and O–H groups in total. The number of nitrogens with two attached hydrogens (primary N) is 1. The molecule has 0 unspecified atom stereocenters. The first-order chi connectivity index (χ1) is 15.3. The van der Waals surface area contributed by atoms with Crippen LogP contribution >= 0.6 is 0 Å². The summed E-state index contributed by atoms with van der Waals surface area (Å²) in [6.07, 6.45) is 0. The summed E-state index contributed by atoms with van der Waals surface area (Å²) in [4.78, 5) is 0. The van der Waals surface area contributed by atoms with Crippen molar-refractivity contribution in [3.63, 3.8) is 0 Å². The highest BCUT2D eigenvalue weighted by molar-refractivity contribution is 6.35. The summed E-state index contributed by atoms with van der Waals surface area (Å²) in [7, 11) is 0. The standard InChI is InChI=1S/C30H19N/c31-28-11-5-10-25-20-8-3-4-9-21(20)26-17-15-24-23-13-12-18-6-1-2-7-19(18)22(23)14-16-27(24)29(26)30(25)28/h1-17H,31H2. The molecule has 7 aromatic rings. The molecule has 0 saturated carbocycles. The molecule has 31 heavy (non-hydrogen) atoms. The minimum Gasteiger partial charge on any atom is -0.398 e. The lowest BCUT2D eigenvalue weighted by atomic mass is 9.88. The Morgan fingerprint density at radius 1 is 0.323 bits per heavy atom. The molecule has 0 aromatic heterocycles. The normalized spacial score (nSPS) is 12.0. The van der Waals surface area contributed by atoms with Gasteiger partial charge in [0.15, 0.2) is 0 Å². The minimum absolute atomic E-state index is 0.833. The van der Waals surface area contributed by atoms with Gasteiger partial charge in [-0.15, -0.1) is 0 Å². The Bertz CT molecular complexity index is 1840. The van der Waals surface area contributed by atoms with Crippen LogP contribution in [0.5, 0.6) is 0 Å². The van der Waals surface area contributed by atoms with Gasteiger partial charge in [0.1, 0.15) is 0 Å². The molecule has 0 amide bonds. The van der Waals surface area contributed by atoms with Crippen molar-refractivity contribution >= 4 is 70.3 Å². The lowest BCUT2D eigenvalue weighted by molar-refractivity contribution is 1.77. The molecule has 0 aliphatic heterocycles. The maximum absolute atomic E-state index is 6.59. The molecule has 0 spiro atoms. The number of nitrogen functional groups attached to an aromatic ring is 1. The van der Waals surface area contributed by atoms with Crippen molar-refractivity contribution in [2.75, 3.05) is 5.73 Å². The lowest BCUT2D eigenvalue weighted by Crippen LogP contribution is -1.91. The van der Waals surface area contributed by atoms with Crippen molar-refractivity contribution in [3.8, 4) is 0 Å². The predicted octanol–water partition coefficient (Wildman–Crippen LogP) is 8.19. The van der Waals surface area contributed by atoms with E-state index in [1.165, 1.54) is 59.2 Å². The summed E-state index contributed by atoms with van der Waals surface area (Å²) < 4.78 is 0. The van der Waals surface area contributed by atoms with Gasteiger partial charge in [-0.1, -0.05) is 97.1 Å². The molecule has 7 aromatic carbocycles. The number of rotatable bonds is 0. The molecule has 0 bridgehead atoms. The summed E-state index contributed by atoms with van der Waals surface area (Å²) in [5.74, 6) is 0. The van der Waals surface area contributed by atoms with Gasteiger partial charge in [-0.05, 0) is 59.9 Å². The van der Waals surface area contributed by atoms with E-state index in [1.54, 1.807) is 0 Å². The smallest absolute Gasteiger partial charge is 0.0400 e. The molecule has 144 valence electrons. The predicted molar refractivity (Wildman–Crippen MR) is 136 cm³/mol. The highest BCUT2D eigenvalue weighted by atomic mass is 14.6. The first-order valence-electron chi connectivity index (χ1n) is 10.7. The third-order valence-electron chi connectivity index (χ3n) is 6.78. The van der Waals surface area contributed by atoms with E-state index in [0.717, 1.165) is 11.1 Å². The quantitative estimate of drug-likeness (QED) is 0.204. The van der Waals surface area contributed by atoms with Gasteiger partial charge in [0.25, 0.3) is 0 Å². The van der Waals surface area contributed by atoms with Crippen molar-refractivity contribution < 1.29 is 0 Å². The van der Waals surface area contributed by atoms with Crippen LogP contribution in [-0.2, 0) is 0 Å². The SMILES string of the molecule is Nc1cccc2c3ccccc3c3ccc4c5ccc6ccccc6c5ccc4c3c12. The summed E-state index contributed by atoms with van der Waals surface area (Å²) in [5.41, 5.74) is 7.42. The Morgan fingerprint density at radius 3 is 1.52 bits per heavy atom. The Balaban J connectivity index is 1.79. The van der Waals surface area contributed by atoms with Crippen molar-refractivity contribution in [2.24, 2.45) is 0 Å². The molecule has 0 atom stereocenters. The third-order valence-corrected chi connectivity index (χ3v) is 6.78. The van der Waals surface area contributed by atoms with E-state index >= 15 is 0 Å². The van der Waals surface area contributed by atoms with E-state index < -0.39 is 0 Å². The van der Waals surface area contributed by atoms with Gasteiger partial charge in [-0.3, -0.25) is 0 Å². The number of benzene rings is 7. The Hall–Kier alpha value is -4.10. The second kappa shape index (κ2) is 5.96. The monoisotopic (exact) mass is 393 g/mol. The van der Waals surface area contributed by atoms with Crippen LogP contribution in [0, 0.1) is 0 Å². The zero-order chi connectivity index (χ0) is 20.5. The molecular formula is C30H19N. The minimum atomic E-state index is 0.833. The second-order valence-electron chi connectivity index (χ2n) is 8.35. The molecule has 1 heteroatoms. The number of fused-ring (bicyclic) bond motifs is 12. The maximum Gasteiger partial charge on any atom is 0.0400 e. The maximum atomic E-state index is 6.59. The number of anilines is 1. The Kier molecular flexibility index (Phi) is 3.21. The summed E-state index contributed by atoms with van der Waals surface area (Å²) in [6.45, 7) is 0. The largest absolute Gasteiger partial charge is 0.398 e. The zero-order valence-electron chi connectivity index (χ0n) is 16.9. The van der Waals surface area contributed by atoms with Gasteiger partial charge in [0.05, 0.1) is 0 Å². The van der Waals surface area contributed by atoms with E-state index in [1.807, 2.05) is 6.07 Å². The highest BCUT2D eigenvalue weighted by Crippen LogP contribution is 2.42. The van der Waals surface area contributed by atoms with Crippen molar-refractivity contribution in [2.45, 2.75) is 0 Å². The van der Waals surface area contributed by atoms with Crippen LogP contribution in [0.2, 0.25) is 0 Å². The van der Waals surface area contributed by atoms with Crippen LogP contribution in [-0.4, -0.2) is 0 Å². The van der Waals surface area contributed by atoms with Crippen LogP contribution in [0.25, 0.3) is 64.6 Å². The third kappa shape index (κ3) is 2.15. The van der Waals surface area contributed by atoms with Crippen LogP contribution in [0.4, 0.5) is 5.69 Å². The number of hydrogen-bond acceptors (Lipinski definition) is 1. The first kappa shape index (κ1) is 16.7. The van der Waals surface area contributed by atoms with Gasteiger partial charge >= 0.3 is 0 Å². The lowest BCUT2D eigenvalue weighted by Gasteiger charge is -2.15. The first-order valence-corrected chi connectivity index (χ1v) is 10.7. The van der Waals surface area contributed by atoms with Gasteiger partial charge in [0.2, 0.25) is 0 Å². The van der Waals surface area contributed by atoms with E-state index in [9.17, 15) is 0 Å². The summed E-state index contributed by atoms with van der Waals surface area (Å²) in [6, 6.07) is 37.2. The molecule has 0 aliphatic carbocycles. The van der Waals surface area contributed by atoms with E-state index in [2.05, 4.69) is 97.1 Å². The average molecular weight is 393 g/mol. The molecule has 0 fully saturated rings. The van der Waals surface area contributed by atoms with Gasteiger partial charge in [0, 0.05) is 16.5 Å². The van der Waals surface area contributed by atoms with Crippen LogP contribution < -0.4 is 5.73 Å². The molecule has 0 heterocycles. The van der Waals surface area contributed by atoms with Crippen molar-refractivity contribution in [1.82, 2.24) is 0 Å². The molecular weight excluding hydrogens is 374 g/mol. The molecule has 0 radical (unpaired) electrons. The average Bonchev–Trinajstić information content (AvgIpc) is 2.83. The van der Waals surface area contributed by atoms with Gasteiger partial charge in [-0.2, -0.15) is 0 Å². The molecule has 0 aliphatic rings. The van der Waals surface area contributed by atoms with Crippen LogP contribution in [0.1, 0.15) is 0 Å².